The normalized spacial score (nSPS) is 10.7. The molecule has 0 aromatic carbocycles. The van der Waals surface area contributed by atoms with Crippen molar-refractivity contribution < 1.29 is 19.8 Å². The van der Waals surface area contributed by atoms with Gasteiger partial charge in [0.05, 0.1) is 0 Å². The molecule has 0 aromatic rings. The number of carboxylic acid groups (broad SMARTS) is 1. The van der Waals surface area contributed by atoms with Crippen LogP contribution in [0.4, 0.5) is 0 Å². The highest BCUT2D eigenvalue weighted by atomic mass is 27.0. The molecule has 84 valence electrons. The van der Waals surface area contributed by atoms with Crippen molar-refractivity contribution in [2.75, 3.05) is 0 Å². The summed E-state index contributed by atoms with van der Waals surface area (Å²) in [6.07, 6.45) is 0.213. The highest BCUT2D eigenvalue weighted by Crippen LogP contribution is 2.02. The Morgan fingerprint density at radius 3 is 1.57 bits per heavy atom. The van der Waals surface area contributed by atoms with Crippen LogP contribution in [0, 0.1) is 5.92 Å². The summed E-state index contributed by atoms with van der Waals surface area (Å²) in [6.45, 7) is 6.42. The Kier molecular flexibility index (Phi) is 14.7. The van der Waals surface area contributed by atoms with Crippen molar-refractivity contribution in [1.29, 1.82) is 0 Å². The van der Waals surface area contributed by atoms with E-state index in [2.05, 4.69) is 0 Å². The van der Waals surface area contributed by atoms with Crippen LogP contribution in [0.25, 0.3) is 0 Å². The number of carbonyl (C=O) groups is 2. The summed E-state index contributed by atoms with van der Waals surface area (Å²) in [5.74, 6) is -2.10. The van der Waals surface area contributed by atoms with E-state index in [4.69, 9.17) is 10.2 Å². The Balaban J connectivity index is -0.000000209. The monoisotopic (exact) mass is 220 g/mol. The SMILES string of the molecule is CC(C)O.CCC(C(C)=O)C(=O)O.[AlH3]. The Hall–Kier alpha value is -0.368. The fraction of sp³-hybridized carbons (Fsp3) is 0.778. The molecule has 2 N–H and O–H groups in total. The van der Waals surface area contributed by atoms with Gasteiger partial charge in [-0.05, 0) is 27.2 Å². The lowest BCUT2D eigenvalue weighted by Gasteiger charge is -2.01. The van der Waals surface area contributed by atoms with E-state index < -0.39 is 11.9 Å². The number of Topliss-reactive ketones (excluding diaryl/α,β-unsaturated/α-hetero) is 1. The molecule has 1 unspecified atom stereocenters. The van der Waals surface area contributed by atoms with Crippen molar-refractivity contribution in [1.82, 2.24) is 0 Å². The Morgan fingerprint density at radius 2 is 1.57 bits per heavy atom. The van der Waals surface area contributed by atoms with Gasteiger partial charge in [-0.3, -0.25) is 9.59 Å². The molecule has 0 rings (SSSR count). The third-order valence-corrected chi connectivity index (χ3v) is 1.20. The predicted octanol–water partition coefficient (Wildman–Crippen LogP) is -0.111. The van der Waals surface area contributed by atoms with Crippen LogP contribution in [0.2, 0.25) is 0 Å². The quantitative estimate of drug-likeness (QED) is 0.514. The molecule has 0 heterocycles. The zero-order valence-electron chi connectivity index (χ0n) is 8.57. The molecule has 0 saturated heterocycles. The lowest BCUT2D eigenvalue weighted by Crippen LogP contribution is -2.19. The number of carbonyl (C=O) groups excluding carboxylic acids is 1. The molecular formula is C9H21AlO4. The maximum atomic E-state index is 10.4. The van der Waals surface area contributed by atoms with Gasteiger partial charge in [0, 0.05) is 6.10 Å². The zero-order valence-corrected chi connectivity index (χ0v) is 8.57. The first-order valence-corrected chi connectivity index (χ1v) is 4.24. The predicted molar refractivity (Wildman–Crippen MR) is 59.4 cm³/mol. The van der Waals surface area contributed by atoms with Crippen molar-refractivity contribution in [2.24, 2.45) is 5.92 Å². The molecule has 0 aliphatic rings. The van der Waals surface area contributed by atoms with E-state index in [1.165, 1.54) is 6.92 Å². The first kappa shape index (κ1) is 19.2. The molecule has 0 amide bonds. The number of hydrogen-bond acceptors (Lipinski definition) is 3. The van der Waals surface area contributed by atoms with Crippen LogP contribution in [0.5, 0.6) is 0 Å². The summed E-state index contributed by atoms with van der Waals surface area (Å²) < 4.78 is 0. The first-order chi connectivity index (χ1) is 5.82. The molecular weight excluding hydrogens is 199 g/mol. The maximum Gasteiger partial charge on any atom is 0.314 e. The largest absolute Gasteiger partial charge is 0.481 e. The van der Waals surface area contributed by atoms with Crippen LogP contribution in [0.15, 0.2) is 0 Å². The lowest BCUT2D eigenvalue weighted by molar-refractivity contribution is -0.145. The summed E-state index contributed by atoms with van der Waals surface area (Å²) in [6, 6.07) is 0. The molecule has 4 nitrogen and oxygen atoms in total. The lowest BCUT2D eigenvalue weighted by atomic mass is 10.0. The Bertz CT molecular complexity index is 151. The second kappa shape index (κ2) is 10.7. The minimum absolute atomic E-state index is 0. The number of hydrogen-bond donors (Lipinski definition) is 2. The third kappa shape index (κ3) is 14.2. The van der Waals surface area contributed by atoms with E-state index in [9.17, 15) is 9.59 Å². The standard InChI is InChI=1S/C6H10O3.C3H8O.Al.3H/c1-3-5(4(2)7)6(8)9;1-3(2)4;;;;/h5H,3H2,1-2H3,(H,8,9);3-4H,1-2H3;;;;. The van der Waals surface area contributed by atoms with Gasteiger partial charge in [-0.1, -0.05) is 6.92 Å². The van der Waals surface area contributed by atoms with E-state index in [0.29, 0.717) is 6.42 Å². The second-order valence-electron chi connectivity index (χ2n) is 3.00. The second-order valence-corrected chi connectivity index (χ2v) is 3.00. The van der Waals surface area contributed by atoms with Crippen molar-refractivity contribution in [2.45, 2.75) is 40.2 Å². The molecule has 0 radical (unpaired) electrons. The molecule has 0 aliphatic heterocycles. The minimum atomic E-state index is -1.02. The van der Waals surface area contributed by atoms with Crippen LogP contribution in [0.3, 0.4) is 0 Å². The van der Waals surface area contributed by atoms with E-state index in [1.54, 1.807) is 20.8 Å². The van der Waals surface area contributed by atoms with Crippen molar-refractivity contribution in [3.63, 3.8) is 0 Å². The van der Waals surface area contributed by atoms with E-state index >= 15 is 0 Å². The molecule has 5 heteroatoms. The Morgan fingerprint density at radius 1 is 1.29 bits per heavy atom. The third-order valence-electron chi connectivity index (χ3n) is 1.20. The summed E-state index contributed by atoms with van der Waals surface area (Å²) in [7, 11) is 0. The van der Waals surface area contributed by atoms with Gasteiger partial charge in [0.15, 0.2) is 17.4 Å². The molecule has 1 atom stereocenters. The molecule has 0 bridgehead atoms. The van der Waals surface area contributed by atoms with Gasteiger partial charge >= 0.3 is 5.97 Å². The van der Waals surface area contributed by atoms with Crippen molar-refractivity contribution >= 4 is 29.1 Å². The van der Waals surface area contributed by atoms with E-state index in [-0.39, 0.29) is 29.2 Å². The summed E-state index contributed by atoms with van der Waals surface area (Å²) >= 11 is 0. The molecule has 0 fully saturated rings. The molecule has 0 spiro atoms. The molecule has 0 saturated carbocycles. The van der Waals surface area contributed by atoms with Gasteiger partial charge in [-0.25, -0.2) is 0 Å². The topological polar surface area (TPSA) is 74.6 Å². The summed E-state index contributed by atoms with van der Waals surface area (Å²) in [5.41, 5.74) is 0. The number of rotatable bonds is 3. The van der Waals surface area contributed by atoms with Crippen molar-refractivity contribution in [3.8, 4) is 0 Å². The highest BCUT2D eigenvalue weighted by molar-refractivity contribution is 5.96. The number of aliphatic hydroxyl groups excluding tert-OH is 1. The summed E-state index contributed by atoms with van der Waals surface area (Å²) in [5, 5.41) is 16.4. The van der Waals surface area contributed by atoms with E-state index in [1.807, 2.05) is 0 Å². The number of carboxylic acids is 1. The van der Waals surface area contributed by atoms with Crippen LogP contribution in [0.1, 0.15) is 34.1 Å². The zero-order chi connectivity index (χ0) is 11.0. The van der Waals surface area contributed by atoms with E-state index in [0.717, 1.165) is 0 Å². The van der Waals surface area contributed by atoms with Crippen LogP contribution < -0.4 is 0 Å². The van der Waals surface area contributed by atoms with Gasteiger partial charge in [0.1, 0.15) is 11.7 Å². The molecule has 0 aromatic heterocycles. The first-order valence-electron chi connectivity index (χ1n) is 4.24. The van der Waals surface area contributed by atoms with Gasteiger partial charge in [0.25, 0.3) is 0 Å². The number of ketones is 1. The highest BCUT2D eigenvalue weighted by Gasteiger charge is 2.19. The van der Waals surface area contributed by atoms with Crippen LogP contribution >= 0.6 is 0 Å². The fourth-order valence-electron chi connectivity index (χ4n) is 0.636. The van der Waals surface area contributed by atoms with Crippen LogP contribution in [-0.2, 0) is 9.59 Å². The smallest absolute Gasteiger partial charge is 0.314 e. The maximum absolute atomic E-state index is 10.4. The fourth-order valence-corrected chi connectivity index (χ4v) is 0.636. The van der Waals surface area contributed by atoms with Gasteiger partial charge in [-0.15, -0.1) is 0 Å². The number of aliphatic carboxylic acids is 1. The molecule has 0 aliphatic carbocycles. The average molecular weight is 220 g/mol. The van der Waals surface area contributed by atoms with Gasteiger partial charge < -0.3 is 10.2 Å². The average Bonchev–Trinajstić information content (AvgIpc) is 1.84. The summed E-state index contributed by atoms with van der Waals surface area (Å²) in [4.78, 5) is 20.6. The minimum Gasteiger partial charge on any atom is -0.481 e. The Labute approximate surface area is 95.4 Å². The van der Waals surface area contributed by atoms with Crippen LogP contribution in [-0.4, -0.2) is 45.4 Å². The van der Waals surface area contributed by atoms with Gasteiger partial charge in [-0.2, -0.15) is 0 Å². The van der Waals surface area contributed by atoms with Gasteiger partial charge in [0.2, 0.25) is 0 Å². The molecule has 14 heavy (non-hydrogen) atoms. The van der Waals surface area contributed by atoms with Crippen molar-refractivity contribution in [3.05, 3.63) is 0 Å². The number of aliphatic hydroxyl groups is 1.